The number of nitrogens with zero attached hydrogens (tertiary/aromatic N) is 2. The number of aryl methyl sites for hydroxylation is 2. The Labute approximate surface area is 103 Å². The van der Waals surface area contributed by atoms with Crippen LogP contribution in [0.15, 0.2) is 6.07 Å². The Hall–Kier alpha value is -1.82. The van der Waals surface area contributed by atoms with Gasteiger partial charge in [0.2, 0.25) is 0 Å². The van der Waals surface area contributed by atoms with Crippen molar-refractivity contribution in [2.75, 3.05) is 7.05 Å². The molecule has 0 aromatic heterocycles. The third-order valence-corrected chi connectivity index (χ3v) is 3.36. The summed E-state index contributed by atoms with van der Waals surface area (Å²) in [5.41, 5.74) is 5.99. The zero-order chi connectivity index (χ0) is 13.2. The number of amides is 1. The minimum Gasteiger partial charge on any atom is -0.329 e. The molecule has 3 heteroatoms. The van der Waals surface area contributed by atoms with E-state index in [-0.39, 0.29) is 0 Å². The second-order valence-corrected chi connectivity index (χ2v) is 4.51. The number of hydrogen-bond donors (Lipinski definition) is 0. The molecule has 0 radical (unpaired) electrons. The van der Waals surface area contributed by atoms with E-state index in [0.29, 0.717) is 6.54 Å². The maximum Gasteiger partial charge on any atom is 0.325 e. The molecule has 0 unspecified atom stereocenters. The lowest BCUT2D eigenvalue weighted by atomic mass is 9.94. The van der Waals surface area contributed by atoms with Crippen molar-refractivity contribution in [2.45, 2.75) is 34.2 Å². The van der Waals surface area contributed by atoms with Crippen LogP contribution in [0.2, 0.25) is 0 Å². The summed E-state index contributed by atoms with van der Waals surface area (Å²) in [5, 5.41) is 8.59. The van der Waals surface area contributed by atoms with Crippen LogP contribution >= 0.6 is 0 Å². The average Bonchev–Trinajstić information content (AvgIpc) is 2.30. The molecule has 0 aliphatic heterocycles. The van der Waals surface area contributed by atoms with E-state index in [4.69, 9.17) is 5.26 Å². The number of carbonyl (C=O) groups is 1. The molecule has 0 heterocycles. The van der Waals surface area contributed by atoms with Gasteiger partial charge < -0.3 is 4.90 Å². The van der Waals surface area contributed by atoms with Gasteiger partial charge in [-0.3, -0.25) is 4.79 Å². The fourth-order valence-corrected chi connectivity index (χ4v) is 1.93. The Kier molecular flexibility index (Phi) is 3.90. The number of nitriles is 1. The first-order chi connectivity index (χ1) is 7.88. The van der Waals surface area contributed by atoms with Crippen LogP contribution in [0.25, 0.3) is 0 Å². The summed E-state index contributed by atoms with van der Waals surface area (Å²) in [5.74, 6) is -0.497. The number of hydrogen-bond acceptors (Lipinski definition) is 2. The van der Waals surface area contributed by atoms with Crippen molar-refractivity contribution >= 4 is 5.91 Å². The van der Waals surface area contributed by atoms with Crippen LogP contribution in [0, 0.1) is 39.0 Å². The highest BCUT2D eigenvalue weighted by molar-refractivity contribution is 5.91. The van der Waals surface area contributed by atoms with Crippen LogP contribution in [0.4, 0.5) is 0 Å². The van der Waals surface area contributed by atoms with E-state index in [2.05, 4.69) is 33.8 Å². The molecule has 0 aliphatic rings. The third-order valence-electron chi connectivity index (χ3n) is 3.36. The minimum atomic E-state index is -0.497. The summed E-state index contributed by atoms with van der Waals surface area (Å²) >= 11 is 0. The Morgan fingerprint density at radius 2 is 1.71 bits per heavy atom. The predicted octanol–water partition coefficient (Wildman–Crippen LogP) is 2.40. The molecular formula is C14H18N2O. The highest BCUT2D eigenvalue weighted by atomic mass is 16.2. The first-order valence-corrected chi connectivity index (χ1v) is 5.60. The lowest BCUT2D eigenvalue weighted by Gasteiger charge is -2.20. The van der Waals surface area contributed by atoms with Crippen molar-refractivity contribution in [3.05, 3.63) is 33.9 Å². The van der Waals surface area contributed by atoms with Gasteiger partial charge in [0.25, 0.3) is 0 Å². The molecule has 1 amide bonds. The van der Waals surface area contributed by atoms with Crippen molar-refractivity contribution in [1.82, 2.24) is 4.90 Å². The summed E-state index contributed by atoms with van der Waals surface area (Å²) in [6.45, 7) is 8.74. The molecule has 3 nitrogen and oxygen atoms in total. The van der Waals surface area contributed by atoms with Gasteiger partial charge in [-0.25, -0.2) is 0 Å². The maximum atomic E-state index is 11.3. The van der Waals surface area contributed by atoms with Crippen LogP contribution in [-0.4, -0.2) is 17.9 Å². The van der Waals surface area contributed by atoms with Gasteiger partial charge in [0.1, 0.15) is 0 Å². The average molecular weight is 230 g/mol. The van der Waals surface area contributed by atoms with Crippen LogP contribution in [0.3, 0.4) is 0 Å². The van der Waals surface area contributed by atoms with Crippen LogP contribution in [0.5, 0.6) is 0 Å². The Morgan fingerprint density at radius 3 is 2.12 bits per heavy atom. The molecule has 1 rings (SSSR count). The van der Waals surface area contributed by atoms with Crippen molar-refractivity contribution in [3.8, 4) is 6.07 Å². The zero-order valence-electron chi connectivity index (χ0n) is 11.1. The largest absolute Gasteiger partial charge is 0.329 e. The molecule has 0 atom stereocenters. The van der Waals surface area contributed by atoms with Crippen LogP contribution < -0.4 is 0 Å². The summed E-state index contributed by atoms with van der Waals surface area (Å²) in [6, 6.07) is 3.79. The van der Waals surface area contributed by atoms with E-state index >= 15 is 0 Å². The topological polar surface area (TPSA) is 44.1 Å². The molecule has 0 saturated carbocycles. The van der Waals surface area contributed by atoms with Gasteiger partial charge in [0.05, 0.1) is 0 Å². The van der Waals surface area contributed by atoms with E-state index in [0.717, 1.165) is 5.56 Å². The zero-order valence-corrected chi connectivity index (χ0v) is 11.1. The molecule has 0 bridgehead atoms. The summed E-state index contributed by atoms with van der Waals surface area (Å²) in [7, 11) is 1.65. The molecule has 0 spiro atoms. The van der Waals surface area contributed by atoms with E-state index in [1.807, 2.05) is 0 Å². The highest BCUT2D eigenvalue weighted by Crippen LogP contribution is 2.22. The predicted molar refractivity (Wildman–Crippen MR) is 67.5 cm³/mol. The molecule has 1 aromatic rings. The van der Waals surface area contributed by atoms with E-state index in [9.17, 15) is 4.79 Å². The normalized spacial score (nSPS) is 9.88. The Balaban J connectivity index is 3.15. The first kappa shape index (κ1) is 13.2. The van der Waals surface area contributed by atoms with Crippen LogP contribution in [-0.2, 0) is 11.3 Å². The van der Waals surface area contributed by atoms with Gasteiger partial charge in [-0.2, -0.15) is 5.26 Å². The Bertz CT molecular complexity index is 472. The van der Waals surface area contributed by atoms with Crippen molar-refractivity contribution < 1.29 is 4.79 Å². The molecule has 0 aliphatic carbocycles. The van der Waals surface area contributed by atoms with E-state index < -0.39 is 5.91 Å². The molecule has 90 valence electrons. The van der Waals surface area contributed by atoms with Gasteiger partial charge in [0.15, 0.2) is 6.07 Å². The molecule has 0 fully saturated rings. The van der Waals surface area contributed by atoms with E-state index in [1.54, 1.807) is 13.1 Å². The minimum absolute atomic E-state index is 0.493. The SMILES string of the molecule is Cc1cc(C)c(C)c(CN(C)C(=O)C#N)c1C. The second kappa shape index (κ2) is 5.01. The van der Waals surface area contributed by atoms with Crippen LogP contribution in [0.1, 0.15) is 27.8 Å². The standard InChI is InChI=1S/C14H18N2O/c1-9-6-10(2)12(4)13(11(9)3)8-16(5)14(17)7-15/h6H,8H2,1-5H3. The Morgan fingerprint density at radius 1 is 1.24 bits per heavy atom. The van der Waals surface area contributed by atoms with Gasteiger partial charge in [-0.15, -0.1) is 0 Å². The maximum absolute atomic E-state index is 11.3. The van der Waals surface area contributed by atoms with Crippen molar-refractivity contribution in [3.63, 3.8) is 0 Å². The van der Waals surface area contributed by atoms with E-state index in [1.165, 1.54) is 27.2 Å². The first-order valence-electron chi connectivity index (χ1n) is 5.60. The molecule has 0 N–H and O–H groups in total. The quantitative estimate of drug-likeness (QED) is 0.732. The number of benzene rings is 1. The smallest absolute Gasteiger partial charge is 0.325 e. The number of rotatable bonds is 2. The fraction of sp³-hybridized carbons (Fsp3) is 0.429. The van der Waals surface area contributed by atoms with Gasteiger partial charge in [-0.05, 0) is 55.5 Å². The lowest BCUT2D eigenvalue weighted by Crippen LogP contribution is -2.25. The molecular weight excluding hydrogens is 212 g/mol. The summed E-state index contributed by atoms with van der Waals surface area (Å²) in [6.07, 6.45) is 0. The van der Waals surface area contributed by atoms with Gasteiger partial charge in [-0.1, -0.05) is 6.07 Å². The molecule has 1 aromatic carbocycles. The number of carbonyl (C=O) groups excluding carboxylic acids is 1. The third kappa shape index (κ3) is 2.65. The highest BCUT2D eigenvalue weighted by Gasteiger charge is 2.13. The van der Waals surface area contributed by atoms with Gasteiger partial charge >= 0.3 is 5.91 Å². The monoisotopic (exact) mass is 230 g/mol. The summed E-state index contributed by atoms with van der Waals surface area (Å²) < 4.78 is 0. The van der Waals surface area contributed by atoms with Crippen molar-refractivity contribution in [2.24, 2.45) is 0 Å². The molecule has 17 heavy (non-hydrogen) atoms. The second-order valence-electron chi connectivity index (χ2n) is 4.51. The summed E-state index contributed by atoms with van der Waals surface area (Å²) in [4.78, 5) is 12.7. The van der Waals surface area contributed by atoms with Gasteiger partial charge in [0, 0.05) is 13.6 Å². The lowest BCUT2D eigenvalue weighted by molar-refractivity contribution is -0.124. The molecule has 0 saturated heterocycles. The fourth-order valence-electron chi connectivity index (χ4n) is 1.93. The van der Waals surface area contributed by atoms with Crippen molar-refractivity contribution in [1.29, 1.82) is 5.26 Å².